The molecule has 0 saturated heterocycles. The molecule has 0 heterocycles. The molecule has 9 nitrogen and oxygen atoms in total. The van der Waals surface area contributed by atoms with Crippen LogP contribution < -0.4 is 14.2 Å². The van der Waals surface area contributed by atoms with Crippen LogP contribution in [0.3, 0.4) is 0 Å². The first-order chi connectivity index (χ1) is 16.7. The molecule has 36 heavy (non-hydrogen) atoms. The molecule has 198 valence electrons. The molecule has 0 aliphatic carbocycles. The predicted molar refractivity (Wildman–Crippen MR) is 140 cm³/mol. The van der Waals surface area contributed by atoms with Crippen molar-refractivity contribution in [3.05, 3.63) is 48.0 Å². The van der Waals surface area contributed by atoms with Crippen LogP contribution in [0.1, 0.15) is 39.7 Å². The van der Waals surface area contributed by atoms with E-state index in [1.54, 1.807) is 23.1 Å². The molecule has 0 aliphatic rings. The van der Waals surface area contributed by atoms with Crippen LogP contribution in [0.4, 0.5) is 5.69 Å². The van der Waals surface area contributed by atoms with E-state index in [2.05, 4.69) is 5.32 Å². The average molecular weight is 520 g/mol. The van der Waals surface area contributed by atoms with Crippen LogP contribution in [0.5, 0.6) is 11.5 Å². The van der Waals surface area contributed by atoms with E-state index in [9.17, 15) is 18.0 Å². The number of methoxy groups -OCH3 is 1. The lowest BCUT2D eigenvalue weighted by Gasteiger charge is -2.28. The lowest BCUT2D eigenvalue weighted by Crippen LogP contribution is -2.37. The van der Waals surface area contributed by atoms with Gasteiger partial charge in [0, 0.05) is 38.7 Å². The molecule has 1 N–H and O–H groups in total. The lowest BCUT2D eigenvalue weighted by molar-refractivity contribution is -0.133. The predicted octanol–water partition coefficient (Wildman–Crippen LogP) is 3.75. The summed E-state index contributed by atoms with van der Waals surface area (Å²) in [6.07, 6.45) is 0.392. The van der Waals surface area contributed by atoms with Crippen LogP contribution in [0, 0.1) is 5.41 Å². The van der Waals surface area contributed by atoms with Gasteiger partial charge in [-0.1, -0.05) is 26.8 Å². The van der Waals surface area contributed by atoms with Crippen molar-refractivity contribution in [2.24, 2.45) is 5.41 Å². The maximum absolute atomic E-state index is 13.0. The minimum Gasteiger partial charge on any atom is -0.493 e. The summed E-state index contributed by atoms with van der Waals surface area (Å²) in [6, 6.07) is 10.7. The molecule has 0 bridgehead atoms. The summed E-state index contributed by atoms with van der Waals surface area (Å²) in [5.74, 6) is 0.0355. The van der Waals surface area contributed by atoms with Gasteiger partial charge in [-0.05, 0) is 61.5 Å². The van der Waals surface area contributed by atoms with Crippen LogP contribution >= 0.6 is 0 Å². The van der Waals surface area contributed by atoms with E-state index < -0.39 is 10.1 Å². The van der Waals surface area contributed by atoms with Crippen molar-refractivity contribution in [2.75, 3.05) is 39.6 Å². The van der Waals surface area contributed by atoms with Crippen molar-refractivity contribution in [3.63, 3.8) is 0 Å². The van der Waals surface area contributed by atoms with Gasteiger partial charge in [-0.3, -0.25) is 9.59 Å². The third-order valence-electron chi connectivity index (χ3n) is 5.12. The van der Waals surface area contributed by atoms with Gasteiger partial charge < -0.3 is 24.0 Å². The van der Waals surface area contributed by atoms with Gasteiger partial charge in [0.15, 0.2) is 11.5 Å². The number of amides is 2. The number of carbonyl (C=O) groups is 2. The van der Waals surface area contributed by atoms with E-state index >= 15 is 0 Å². The molecule has 0 unspecified atom stereocenters. The van der Waals surface area contributed by atoms with E-state index in [-0.39, 0.29) is 33.6 Å². The second-order valence-corrected chi connectivity index (χ2v) is 11.6. The van der Waals surface area contributed by atoms with Gasteiger partial charge >= 0.3 is 10.1 Å². The largest absolute Gasteiger partial charge is 0.493 e. The van der Waals surface area contributed by atoms with Crippen LogP contribution in [-0.2, 0) is 26.3 Å². The number of hydrogen-bond acceptors (Lipinski definition) is 7. The number of likely N-dealkylation sites (N-methyl/N-ethyl adjacent to an activating group) is 1. The molecule has 2 aromatic carbocycles. The Morgan fingerprint density at radius 3 is 2.14 bits per heavy atom. The second kappa shape index (κ2) is 12.2. The summed E-state index contributed by atoms with van der Waals surface area (Å²) >= 11 is 0. The molecular weight excluding hydrogens is 482 g/mol. The highest BCUT2D eigenvalue weighted by molar-refractivity contribution is 7.87. The van der Waals surface area contributed by atoms with E-state index in [1.807, 2.05) is 39.8 Å². The number of nitrogens with one attached hydrogen (secondary N) is 1. The molecular formula is C26H37N3O6S. The van der Waals surface area contributed by atoms with E-state index in [4.69, 9.17) is 8.92 Å². The zero-order valence-electron chi connectivity index (χ0n) is 22.1. The van der Waals surface area contributed by atoms with Crippen molar-refractivity contribution in [1.29, 1.82) is 0 Å². The molecule has 0 spiro atoms. The zero-order valence-corrected chi connectivity index (χ0v) is 22.9. The molecule has 0 fully saturated rings. The number of rotatable bonds is 11. The van der Waals surface area contributed by atoms with E-state index in [1.165, 1.54) is 38.3 Å². The van der Waals surface area contributed by atoms with Crippen LogP contribution in [0.2, 0.25) is 0 Å². The summed E-state index contributed by atoms with van der Waals surface area (Å²) in [6.45, 7) is 8.94. The molecule has 0 atom stereocenters. The fourth-order valence-electron chi connectivity index (χ4n) is 3.36. The van der Waals surface area contributed by atoms with Gasteiger partial charge in [0.2, 0.25) is 11.8 Å². The molecule has 0 aliphatic heterocycles. The molecule has 2 rings (SSSR count). The Bertz CT molecular complexity index is 1160. The minimum atomic E-state index is -4.18. The summed E-state index contributed by atoms with van der Waals surface area (Å²) in [5.41, 5.74) is 1.02. The van der Waals surface area contributed by atoms with Crippen LogP contribution in [0.15, 0.2) is 47.4 Å². The minimum absolute atomic E-state index is 0.0227. The third kappa shape index (κ3) is 9.16. The fourth-order valence-corrected chi connectivity index (χ4v) is 4.29. The first-order valence-electron chi connectivity index (χ1n) is 11.6. The summed E-state index contributed by atoms with van der Waals surface area (Å²) in [5, 5.41) is 2.59. The maximum atomic E-state index is 13.0. The highest BCUT2D eigenvalue weighted by Gasteiger charge is 2.23. The molecule has 0 radical (unpaired) electrons. The van der Waals surface area contributed by atoms with Gasteiger partial charge in [-0.2, -0.15) is 8.42 Å². The average Bonchev–Trinajstić information content (AvgIpc) is 2.75. The van der Waals surface area contributed by atoms with E-state index in [0.29, 0.717) is 37.3 Å². The SMILES string of the molecule is COc1ccc(CN(CCN(C)C)C(=O)CC(C)(C)C)cc1OS(=O)(=O)c1ccc(NC(C)=O)cc1. The van der Waals surface area contributed by atoms with Crippen molar-refractivity contribution in [2.45, 2.75) is 45.6 Å². The Morgan fingerprint density at radius 2 is 1.61 bits per heavy atom. The molecule has 10 heteroatoms. The quantitative estimate of drug-likeness (QED) is 0.451. The summed E-state index contributed by atoms with van der Waals surface area (Å²) < 4.78 is 36.6. The lowest BCUT2D eigenvalue weighted by atomic mass is 9.91. The highest BCUT2D eigenvalue weighted by atomic mass is 32.2. The number of ether oxygens (including phenoxy) is 1. The number of benzene rings is 2. The number of nitrogens with zero attached hydrogens (tertiary/aromatic N) is 2. The van der Waals surface area contributed by atoms with Crippen molar-refractivity contribution >= 4 is 27.6 Å². The highest BCUT2D eigenvalue weighted by Crippen LogP contribution is 2.32. The number of carbonyl (C=O) groups excluding carboxylic acids is 2. The zero-order chi connectivity index (χ0) is 27.1. The van der Waals surface area contributed by atoms with Crippen LogP contribution in [-0.4, -0.2) is 64.3 Å². The third-order valence-corrected chi connectivity index (χ3v) is 6.36. The Balaban J connectivity index is 2.30. The monoisotopic (exact) mass is 519 g/mol. The van der Waals surface area contributed by atoms with Gasteiger partial charge in [-0.15, -0.1) is 0 Å². The molecule has 2 aromatic rings. The fraction of sp³-hybridized carbons (Fsp3) is 0.462. The van der Waals surface area contributed by atoms with Gasteiger partial charge in [0.05, 0.1) is 7.11 Å². The van der Waals surface area contributed by atoms with Crippen LogP contribution in [0.25, 0.3) is 0 Å². The Hall–Kier alpha value is -3.11. The molecule has 0 saturated carbocycles. The van der Waals surface area contributed by atoms with E-state index in [0.717, 1.165) is 0 Å². The molecule has 2 amide bonds. The second-order valence-electron chi connectivity index (χ2n) is 10.1. The Kier molecular flexibility index (Phi) is 9.89. The van der Waals surface area contributed by atoms with Gasteiger partial charge in [0.25, 0.3) is 0 Å². The summed E-state index contributed by atoms with van der Waals surface area (Å²) in [4.78, 5) is 27.9. The van der Waals surface area contributed by atoms with Crippen molar-refractivity contribution in [3.8, 4) is 11.5 Å². The smallest absolute Gasteiger partial charge is 0.339 e. The van der Waals surface area contributed by atoms with Gasteiger partial charge in [-0.25, -0.2) is 0 Å². The van der Waals surface area contributed by atoms with Crippen molar-refractivity contribution in [1.82, 2.24) is 9.80 Å². The number of hydrogen-bond donors (Lipinski definition) is 1. The first kappa shape index (κ1) is 29.1. The Labute approximate surface area is 214 Å². The molecule has 0 aromatic heterocycles. The van der Waals surface area contributed by atoms with Gasteiger partial charge in [0.1, 0.15) is 4.90 Å². The number of anilines is 1. The first-order valence-corrected chi connectivity index (χ1v) is 13.0. The standard InChI is InChI=1S/C26H37N3O6S/c1-19(30)27-21-9-11-22(12-10-21)36(32,33)35-24-16-20(8-13-23(24)34-7)18-29(15-14-28(5)6)25(31)17-26(2,3)4/h8-13,16H,14-15,17-18H2,1-7H3,(H,27,30). The Morgan fingerprint density at radius 1 is 0.972 bits per heavy atom. The maximum Gasteiger partial charge on any atom is 0.339 e. The normalized spacial score (nSPS) is 11.8. The topological polar surface area (TPSA) is 105 Å². The van der Waals surface area contributed by atoms with Crippen molar-refractivity contribution < 1.29 is 26.9 Å². The summed E-state index contributed by atoms with van der Waals surface area (Å²) in [7, 11) is 1.13.